The third kappa shape index (κ3) is 4.89. The molecule has 0 aliphatic carbocycles. The number of likely N-dealkylation sites (tertiary alicyclic amines) is 1. The van der Waals surface area contributed by atoms with Crippen molar-refractivity contribution in [1.82, 2.24) is 4.90 Å². The summed E-state index contributed by atoms with van der Waals surface area (Å²) in [6.45, 7) is 4.33. The number of hydrogen-bond donors (Lipinski definition) is 1. The highest BCUT2D eigenvalue weighted by atomic mass is 16.5. The van der Waals surface area contributed by atoms with Crippen LogP contribution < -0.4 is 18.9 Å². The summed E-state index contributed by atoms with van der Waals surface area (Å²) in [6, 6.07) is 16.7. The Bertz CT molecular complexity index is 1400. The minimum Gasteiger partial charge on any atom is -0.507 e. The fourth-order valence-corrected chi connectivity index (χ4v) is 4.70. The van der Waals surface area contributed by atoms with Gasteiger partial charge in [0.2, 0.25) is 0 Å². The van der Waals surface area contributed by atoms with Gasteiger partial charge in [-0.15, -0.1) is 0 Å². The van der Waals surface area contributed by atoms with E-state index in [4.69, 9.17) is 18.9 Å². The Morgan fingerprint density at radius 1 is 0.868 bits per heavy atom. The third-order valence-electron chi connectivity index (χ3n) is 6.54. The summed E-state index contributed by atoms with van der Waals surface area (Å²) in [5, 5.41) is 11.5. The third-order valence-corrected chi connectivity index (χ3v) is 6.54. The van der Waals surface area contributed by atoms with Gasteiger partial charge in [0.05, 0.1) is 46.1 Å². The highest BCUT2D eigenvalue weighted by Gasteiger charge is 2.46. The molecule has 4 rings (SSSR count). The molecule has 3 aromatic rings. The molecule has 0 saturated carbocycles. The zero-order chi connectivity index (χ0) is 27.4. The van der Waals surface area contributed by atoms with Crippen molar-refractivity contribution >= 4 is 17.4 Å². The number of aliphatic hydroxyl groups excluding tert-OH is 1. The Hall–Kier alpha value is -4.46. The molecule has 8 heteroatoms. The van der Waals surface area contributed by atoms with E-state index in [9.17, 15) is 14.7 Å². The molecule has 1 amide bonds. The molecular formula is C30H31NO7. The number of Topliss-reactive ketones (excluding diaryl/α,β-unsaturated/α-hetero) is 1. The van der Waals surface area contributed by atoms with Crippen LogP contribution in [0.3, 0.4) is 0 Å². The quantitative estimate of drug-likeness (QED) is 0.241. The first-order valence-corrected chi connectivity index (χ1v) is 12.2. The van der Waals surface area contributed by atoms with Crippen molar-refractivity contribution in [3.05, 3.63) is 88.5 Å². The van der Waals surface area contributed by atoms with E-state index in [1.165, 1.54) is 19.1 Å². The molecule has 1 atom stereocenters. The van der Waals surface area contributed by atoms with Gasteiger partial charge < -0.3 is 29.0 Å². The molecular weight excluding hydrogens is 486 g/mol. The molecule has 38 heavy (non-hydrogen) atoms. The van der Waals surface area contributed by atoms with Crippen LogP contribution in [0.2, 0.25) is 0 Å². The Morgan fingerprint density at radius 2 is 1.55 bits per heavy atom. The lowest BCUT2D eigenvalue weighted by molar-refractivity contribution is -0.140. The molecule has 1 fully saturated rings. The molecule has 0 spiro atoms. The number of amides is 1. The number of rotatable bonds is 9. The first-order valence-electron chi connectivity index (χ1n) is 12.2. The molecule has 1 aliphatic heterocycles. The van der Waals surface area contributed by atoms with E-state index < -0.39 is 17.7 Å². The second-order valence-corrected chi connectivity index (χ2v) is 8.77. The highest BCUT2D eigenvalue weighted by molar-refractivity contribution is 6.46. The van der Waals surface area contributed by atoms with E-state index in [1.807, 2.05) is 32.0 Å². The van der Waals surface area contributed by atoms with Crippen molar-refractivity contribution in [1.29, 1.82) is 0 Å². The predicted molar refractivity (Wildman–Crippen MR) is 143 cm³/mol. The number of methoxy groups -OCH3 is 3. The molecule has 0 radical (unpaired) electrons. The van der Waals surface area contributed by atoms with Crippen LogP contribution in [0.1, 0.15) is 35.2 Å². The van der Waals surface area contributed by atoms with Gasteiger partial charge in [0.25, 0.3) is 11.7 Å². The van der Waals surface area contributed by atoms with Crippen molar-refractivity contribution in [2.45, 2.75) is 26.4 Å². The molecule has 1 aliphatic rings. The second kappa shape index (κ2) is 11.3. The van der Waals surface area contributed by atoms with Gasteiger partial charge in [-0.25, -0.2) is 0 Å². The minimum absolute atomic E-state index is 0.0133. The fourth-order valence-electron chi connectivity index (χ4n) is 4.70. The molecule has 1 unspecified atom stereocenters. The lowest BCUT2D eigenvalue weighted by Gasteiger charge is -2.26. The SMILES string of the molecule is CCOc1ccc(/C(O)=C2/C(=O)C(=O)N(Cc3ccccc3OC)C2c2ccc(OC)c(OC)c2)cc1C. The van der Waals surface area contributed by atoms with Gasteiger partial charge in [-0.05, 0) is 61.4 Å². The average molecular weight is 518 g/mol. The van der Waals surface area contributed by atoms with E-state index in [-0.39, 0.29) is 17.9 Å². The zero-order valence-corrected chi connectivity index (χ0v) is 22.1. The number of aryl methyl sites for hydroxylation is 1. The van der Waals surface area contributed by atoms with Gasteiger partial charge in [-0.1, -0.05) is 24.3 Å². The van der Waals surface area contributed by atoms with Gasteiger partial charge in [-0.2, -0.15) is 0 Å². The highest BCUT2D eigenvalue weighted by Crippen LogP contribution is 2.43. The van der Waals surface area contributed by atoms with Gasteiger partial charge >= 0.3 is 0 Å². The number of para-hydroxylation sites is 1. The Balaban J connectivity index is 1.90. The zero-order valence-electron chi connectivity index (χ0n) is 22.1. The van der Waals surface area contributed by atoms with E-state index >= 15 is 0 Å². The molecule has 1 saturated heterocycles. The van der Waals surface area contributed by atoms with Crippen molar-refractivity contribution in [2.24, 2.45) is 0 Å². The maximum atomic E-state index is 13.5. The van der Waals surface area contributed by atoms with Crippen LogP contribution in [0, 0.1) is 6.92 Å². The number of carbonyl (C=O) groups is 2. The monoisotopic (exact) mass is 517 g/mol. The van der Waals surface area contributed by atoms with E-state index in [0.29, 0.717) is 40.7 Å². The number of ether oxygens (including phenoxy) is 4. The van der Waals surface area contributed by atoms with Gasteiger partial charge in [0, 0.05) is 11.1 Å². The molecule has 3 aromatic carbocycles. The lowest BCUT2D eigenvalue weighted by Crippen LogP contribution is -2.29. The maximum absolute atomic E-state index is 13.5. The smallest absolute Gasteiger partial charge is 0.295 e. The van der Waals surface area contributed by atoms with E-state index in [2.05, 4.69) is 0 Å². The Morgan fingerprint density at radius 3 is 2.21 bits per heavy atom. The van der Waals surface area contributed by atoms with E-state index in [1.54, 1.807) is 49.6 Å². The summed E-state index contributed by atoms with van der Waals surface area (Å²) in [7, 11) is 4.59. The number of carbonyl (C=O) groups excluding carboxylic acids is 2. The average Bonchev–Trinajstić information content (AvgIpc) is 3.18. The number of nitrogens with zero attached hydrogens (tertiary/aromatic N) is 1. The van der Waals surface area contributed by atoms with Crippen LogP contribution in [0.15, 0.2) is 66.2 Å². The number of aliphatic hydroxyl groups is 1. The molecule has 0 aromatic heterocycles. The summed E-state index contributed by atoms with van der Waals surface area (Å²) in [6.07, 6.45) is 0. The summed E-state index contributed by atoms with van der Waals surface area (Å²) >= 11 is 0. The molecule has 198 valence electrons. The molecule has 0 bridgehead atoms. The first-order chi connectivity index (χ1) is 18.3. The molecule has 1 N–H and O–H groups in total. The summed E-state index contributed by atoms with van der Waals surface area (Å²) in [5.41, 5.74) is 2.49. The fraction of sp³-hybridized carbons (Fsp3) is 0.267. The Kier molecular flexibility index (Phi) is 7.90. The summed E-state index contributed by atoms with van der Waals surface area (Å²) in [5.74, 6) is 0.435. The largest absolute Gasteiger partial charge is 0.507 e. The van der Waals surface area contributed by atoms with Gasteiger partial charge in [0.15, 0.2) is 11.5 Å². The summed E-state index contributed by atoms with van der Waals surface area (Å²) < 4.78 is 22.0. The van der Waals surface area contributed by atoms with Gasteiger partial charge in [0.1, 0.15) is 17.3 Å². The maximum Gasteiger partial charge on any atom is 0.295 e. The molecule has 1 heterocycles. The number of ketones is 1. The van der Waals surface area contributed by atoms with Crippen LogP contribution in [-0.4, -0.2) is 49.6 Å². The Labute approximate surface area is 222 Å². The van der Waals surface area contributed by atoms with Crippen molar-refractivity contribution < 1.29 is 33.6 Å². The van der Waals surface area contributed by atoms with Crippen LogP contribution >= 0.6 is 0 Å². The van der Waals surface area contributed by atoms with Crippen LogP contribution in [0.25, 0.3) is 5.76 Å². The second-order valence-electron chi connectivity index (χ2n) is 8.77. The number of hydrogen-bond acceptors (Lipinski definition) is 7. The minimum atomic E-state index is -0.883. The van der Waals surface area contributed by atoms with Crippen LogP contribution in [0.4, 0.5) is 0 Å². The lowest BCUT2D eigenvalue weighted by atomic mass is 9.94. The van der Waals surface area contributed by atoms with Gasteiger partial charge in [-0.3, -0.25) is 9.59 Å². The van der Waals surface area contributed by atoms with Crippen LogP contribution in [-0.2, 0) is 16.1 Å². The normalized spacial score (nSPS) is 16.4. The molecule has 8 nitrogen and oxygen atoms in total. The predicted octanol–water partition coefficient (Wildman–Crippen LogP) is 5.04. The number of benzene rings is 3. The van der Waals surface area contributed by atoms with Crippen molar-refractivity contribution in [3.63, 3.8) is 0 Å². The standard InChI is InChI=1S/C30H31NO7/c1-6-38-22-13-12-20(15-18(22)2)28(32)26-27(19-11-14-24(36-4)25(16-19)37-5)31(30(34)29(26)33)17-21-9-7-8-10-23(21)35-3/h7-16,27,32H,6,17H2,1-5H3/b28-26-. The summed E-state index contributed by atoms with van der Waals surface area (Å²) in [4.78, 5) is 28.3. The van der Waals surface area contributed by atoms with E-state index in [0.717, 1.165) is 11.1 Å². The first kappa shape index (κ1) is 26.6. The van der Waals surface area contributed by atoms with Crippen molar-refractivity contribution in [3.8, 4) is 23.0 Å². The topological polar surface area (TPSA) is 94.5 Å². The van der Waals surface area contributed by atoms with Crippen molar-refractivity contribution in [2.75, 3.05) is 27.9 Å². The van der Waals surface area contributed by atoms with Crippen LogP contribution in [0.5, 0.6) is 23.0 Å².